The number of nitriles is 1. The smallest absolute Gasteiger partial charge is 0.410 e. The molecular formula is C15H19N3O2. The first-order valence-corrected chi connectivity index (χ1v) is 6.62. The Balaban J connectivity index is 1.82. The third-order valence-corrected chi connectivity index (χ3v) is 2.90. The van der Waals surface area contributed by atoms with Crippen molar-refractivity contribution in [2.45, 2.75) is 32.4 Å². The van der Waals surface area contributed by atoms with Crippen molar-refractivity contribution in [1.82, 2.24) is 4.90 Å². The number of hydrogen-bond donors (Lipinski definition) is 1. The van der Waals surface area contributed by atoms with E-state index in [0.29, 0.717) is 18.7 Å². The second kappa shape index (κ2) is 5.41. The molecule has 5 heteroatoms. The Morgan fingerprint density at radius 3 is 2.75 bits per heavy atom. The van der Waals surface area contributed by atoms with E-state index in [2.05, 4.69) is 11.4 Å². The highest BCUT2D eigenvalue weighted by atomic mass is 16.6. The molecule has 1 aliphatic rings. The number of likely N-dealkylation sites (tertiary alicyclic amines) is 1. The minimum absolute atomic E-state index is 0.205. The summed E-state index contributed by atoms with van der Waals surface area (Å²) in [6.45, 7) is 6.80. The first-order valence-electron chi connectivity index (χ1n) is 6.62. The van der Waals surface area contributed by atoms with Gasteiger partial charge in [0.1, 0.15) is 5.60 Å². The minimum atomic E-state index is -0.462. The summed E-state index contributed by atoms with van der Waals surface area (Å²) in [6.07, 6.45) is -0.277. The van der Waals surface area contributed by atoms with Crippen molar-refractivity contribution in [2.75, 3.05) is 18.4 Å². The number of carbonyl (C=O) groups excluding carboxylic acids is 1. The van der Waals surface area contributed by atoms with Gasteiger partial charge in [0.15, 0.2) is 0 Å². The molecule has 1 aromatic rings. The van der Waals surface area contributed by atoms with Gasteiger partial charge < -0.3 is 15.0 Å². The molecule has 1 saturated heterocycles. The number of nitrogens with one attached hydrogen (secondary N) is 1. The average molecular weight is 273 g/mol. The quantitative estimate of drug-likeness (QED) is 0.899. The molecule has 1 heterocycles. The fourth-order valence-electron chi connectivity index (χ4n) is 1.96. The average Bonchev–Trinajstić information content (AvgIpc) is 2.31. The number of hydrogen-bond acceptors (Lipinski definition) is 4. The highest BCUT2D eigenvalue weighted by Gasteiger charge is 2.33. The Kier molecular flexibility index (Phi) is 3.84. The van der Waals surface area contributed by atoms with Crippen LogP contribution in [0.15, 0.2) is 24.3 Å². The maximum Gasteiger partial charge on any atom is 0.410 e. The molecule has 20 heavy (non-hydrogen) atoms. The molecule has 106 valence electrons. The standard InChI is InChI=1S/C15H19N3O2/c1-15(2,3)20-14(19)18-9-13(10-18)17-12-6-4-5-11(7-12)8-16/h4-7,13,17H,9-10H2,1-3H3. The Morgan fingerprint density at radius 2 is 2.15 bits per heavy atom. The highest BCUT2D eigenvalue weighted by Crippen LogP contribution is 2.19. The van der Waals surface area contributed by atoms with Crippen molar-refractivity contribution in [3.05, 3.63) is 29.8 Å². The van der Waals surface area contributed by atoms with Crippen molar-refractivity contribution in [1.29, 1.82) is 5.26 Å². The van der Waals surface area contributed by atoms with Crippen molar-refractivity contribution in [3.8, 4) is 6.07 Å². The van der Waals surface area contributed by atoms with Crippen LogP contribution in [0.5, 0.6) is 0 Å². The van der Waals surface area contributed by atoms with Gasteiger partial charge in [-0.15, -0.1) is 0 Å². The van der Waals surface area contributed by atoms with Gasteiger partial charge in [0.25, 0.3) is 0 Å². The molecule has 0 aliphatic carbocycles. The Bertz CT molecular complexity index is 537. The van der Waals surface area contributed by atoms with Crippen LogP contribution in [0, 0.1) is 11.3 Å². The van der Waals surface area contributed by atoms with E-state index < -0.39 is 5.60 Å². The number of benzene rings is 1. The van der Waals surface area contributed by atoms with Crippen LogP contribution in [0.3, 0.4) is 0 Å². The van der Waals surface area contributed by atoms with Gasteiger partial charge in [-0.3, -0.25) is 0 Å². The summed E-state index contributed by atoms with van der Waals surface area (Å²) in [5.74, 6) is 0. The molecule has 2 rings (SSSR count). The summed E-state index contributed by atoms with van der Waals surface area (Å²) in [4.78, 5) is 13.4. The molecular weight excluding hydrogens is 254 g/mol. The predicted molar refractivity (Wildman–Crippen MR) is 76.4 cm³/mol. The summed E-state index contributed by atoms with van der Waals surface area (Å²) in [5.41, 5.74) is 1.06. The topological polar surface area (TPSA) is 65.4 Å². The van der Waals surface area contributed by atoms with Crippen molar-refractivity contribution < 1.29 is 9.53 Å². The van der Waals surface area contributed by atoms with Crippen molar-refractivity contribution in [3.63, 3.8) is 0 Å². The highest BCUT2D eigenvalue weighted by molar-refractivity contribution is 5.69. The first kappa shape index (κ1) is 14.2. The van der Waals surface area contributed by atoms with Gasteiger partial charge in [-0.05, 0) is 39.0 Å². The molecule has 0 bridgehead atoms. The van der Waals surface area contributed by atoms with E-state index in [1.54, 1.807) is 17.0 Å². The molecule has 0 saturated carbocycles. The third kappa shape index (κ3) is 3.64. The monoisotopic (exact) mass is 273 g/mol. The lowest BCUT2D eigenvalue weighted by Crippen LogP contribution is -2.57. The Hall–Kier alpha value is -2.22. The predicted octanol–water partition coefficient (Wildman–Crippen LogP) is 2.59. The van der Waals surface area contributed by atoms with Crippen LogP contribution in [0.4, 0.5) is 10.5 Å². The van der Waals surface area contributed by atoms with E-state index >= 15 is 0 Å². The van der Waals surface area contributed by atoms with E-state index in [9.17, 15) is 4.79 Å². The van der Waals surface area contributed by atoms with Gasteiger partial charge in [0.2, 0.25) is 0 Å². The normalized spacial score (nSPS) is 15.2. The van der Waals surface area contributed by atoms with Gasteiger partial charge in [-0.25, -0.2) is 4.79 Å². The summed E-state index contributed by atoms with van der Waals surface area (Å²) in [5, 5.41) is 12.1. The van der Waals surface area contributed by atoms with Gasteiger partial charge >= 0.3 is 6.09 Å². The number of rotatable bonds is 2. The molecule has 1 aromatic carbocycles. The van der Waals surface area contributed by atoms with E-state index in [-0.39, 0.29) is 12.1 Å². The molecule has 5 nitrogen and oxygen atoms in total. The van der Waals surface area contributed by atoms with E-state index in [0.717, 1.165) is 5.69 Å². The number of nitrogens with zero attached hydrogens (tertiary/aromatic N) is 2. The lowest BCUT2D eigenvalue weighted by Gasteiger charge is -2.40. The zero-order valence-electron chi connectivity index (χ0n) is 12.0. The first-order chi connectivity index (χ1) is 9.37. The minimum Gasteiger partial charge on any atom is -0.444 e. The Morgan fingerprint density at radius 1 is 1.45 bits per heavy atom. The van der Waals surface area contributed by atoms with Gasteiger partial charge in [-0.2, -0.15) is 5.26 Å². The van der Waals surface area contributed by atoms with Gasteiger partial charge in [0.05, 0.1) is 17.7 Å². The third-order valence-electron chi connectivity index (χ3n) is 2.90. The number of amides is 1. The lowest BCUT2D eigenvalue weighted by molar-refractivity contribution is 0.0105. The molecule has 0 aromatic heterocycles. The molecule has 1 aliphatic heterocycles. The number of ether oxygens (including phenoxy) is 1. The van der Waals surface area contributed by atoms with Gasteiger partial charge in [0, 0.05) is 18.8 Å². The maximum atomic E-state index is 11.8. The lowest BCUT2D eigenvalue weighted by atomic mass is 10.1. The fraction of sp³-hybridized carbons (Fsp3) is 0.467. The molecule has 1 fully saturated rings. The molecule has 1 amide bonds. The molecule has 0 atom stereocenters. The zero-order chi connectivity index (χ0) is 14.8. The largest absolute Gasteiger partial charge is 0.444 e. The van der Waals surface area contributed by atoms with Crippen LogP contribution in [0.1, 0.15) is 26.3 Å². The summed E-state index contributed by atoms with van der Waals surface area (Å²) >= 11 is 0. The second-order valence-corrected chi connectivity index (χ2v) is 5.92. The molecule has 1 N–H and O–H groups in total. The fourth-order valence-corrected chi connectivity index (χ4v) is 1.96. The van der Waals surface area contributed by atoms with Crippen molar-refractivity contribution >= 4 is 11.8 Å². The summed E-state index contributed by atoms with van der Waals surface area (Å²) in [6, 6.07) is 9.63. The molecule has 0 spiro atoms. The van der Waals surface area contributed by atoms with E-state index in [1.807, 2.05) is 32.9 Å². The number of carbonyl (C=O) groups is 1. The SMILES string of the molecule is CC(C)(C)OC(=O)N1CC(Nc2cccc(C#N)c2)C1. The van der Waals surface area contributed by atoms with Crippen LogP contribution in [0.25, 0.3) is 0 Å². The van der Waals surface area contributed by atoms with Crippen LogP contribution < -0.4 is 5.32 Å². The van der Waals surface area contributed by atoms with E-state index in [4.69, 9.17) is 10.00 Å². The van der Waals surface area contributed by atoms with E-state index in [1.165, 1.54) is 0 Å². The number of anilines is 1. The maximum absolute atomic E-state index is 11.8. The Labute approximate surface area is 119 Å². The summed E-state index contributed by atoms with van der Waals surface area (Å²) in [7, 11) is 0. The van der Waals surface area contributed by atoms with Gasteiger partial charge in [-0.1, -0.05) is 6.07 Å². The second-order valence-electron chi connectivity index (χ2n) is 5.92. The summed E-state index contributed by atoms with van der Waals surface area (Å²) < 4.78 is 5.29. The molecule has 0 radical (unpaired) electrons. The van der Waals surface area contributed by atoms with Crippen molar-refractivity contribution in [2.24, 2.45) is 0 Å². The van der Waals surface area contributed by atoms with Crippen LogP contribution >= 0.6 is 0 Å². The molecule has 0 unspecified atom stereocenters. The van der Waals surface area contributed by atoms with Crippen LogP contribution in [0.2, 0.25) is 0 Å². The van der Waals surface area contributed by atoms with Crippen LogP contribution in [-0.4, -0.2) is 35.7 Å². The van der Waals surface area contributed by atoms with Crippen LogP contribution in [-0.2, 0) is 4.74 Å². The zero-order valence-corrected chi connectivity index (χ0v) is 12.0.